The Labute approximate surface area is 195 Å². The van der Waals surface area contributed by atoms with Crippen LogP contribution in [0, 0.1) is 11.7 Å². The van der Waals surface area contributed by atoms with Gasteiger partial charge in [-0.25, -0.2) is 14.0 Å². The average Bonchev–Trinajstić information content (AvgIpc) is 3.26. The average molecular weight is 469 g/mol. The number of halogens is 1. The number of aromatic nitrogens is 1. The summed E-state index contributed by atoms with van der Waals surface area (Å²) in [5, 5.41) is 14.6. The number of hydrogen-bond acceptors (Lipinski definition) is 5. The second-order valence-corrected chi connectivity index (χ2v) is 8.47. The molecule has 2 amide bonds. The number of para-hydroxylation sites is 1. The van der Waals surface area contributed by atoms with E-state index in [0.29, 0.717) is 17.8 Å². The standard InChI is InChI=1S/C24H25FN4O3S/c1-4-18(27-22(14(2)3)23(30)31)21-13-20(29-33-21)15-9-11-16(12-10-15)26-24(32)28-19-8-6-5-7-17(19)25/h5-14,22H,4H2,1-3H3,(H,30,31)(H2,26,28,32). The number of benzene rings is 2. The van der Waals surface area contributed by atoms with Gasteiger partial charge in [0.05, 0.1) is 22.0 Å². The van der Waals surface area contributed by atoms with E-state index >= 15 is 0 Å². The van der Waals surface area contributed by atoms with Gasteiger partial charge >= 0.3 is 12.0 Å². The van der Waals surface area contributed by atoms with Crippen molar-refractivity contribution in [3.8, 4) is 11.3 Å². The summed E-state index contributed by atoms with van der Waals surface area (Å²) in [5.41, 5.74) is 2.92. The molecule has 0 bridgehead atoms. The molecule has 3 aromatic rings. The molecule has 0 saturated carbocycles. The summed E-state index contributed by atoms with van der Waals surface area (Å²) >= 11 is 1.27. The fraction of sp³-hybridized carbons (Fsp3) is 0.250. The fourth-order valence-electron chi connectivity index (χ4n) is 3.11. The molecule has 1 unspecified atom stereocenters. The van der Waals surface area contributed by atoms with E-state index in [9.17, 15) is 19.1 Å². The number of carboxylic acid groups (broad SMARTS) is 1. The Balaban J connectivity index is 1.71. The second kappa shape index (κ2) is 10.8. The number of carbonyl (C=O) groups excluding carboxylic acids is 1. The van der Waals surface area contributed by atoms with Crippen molar-refractivity contribution in [1.29, 1.82) is 0 Å². The molecule has 0 aliphatic rings. The number of rotatable bonds is 8. The predicted molar refractivity (Wildman–Crippen MR) is 130 cm³/mol. The third-order valence-corrected chi connectivity index (χ3v) is 5.71. The lowest BCUT2D eigenvalue weighted by molar-refractivity contribution is -0.139. The van der Waals surface area contributed by atoms with Crippen LogP contribution in [0.4, 0.5) is 20.6 Å². The lowest BCUT2D eigenvalue weighted by Gasteiger charge is -2.13. The smallest absolute Gasteiger partial charge is 0.328 e. The highest BCUT2D eigenvalue weighted by Crippen LogP contribution is 2.25. The van der Waals surface area contributed by atoms with Gasteiger partial charge in [-0.3, -0.25) is 4.99 Å². The van der Waals surface area contributed by atoms with Crippen molar-refractivity contribution in [3.63, 3.8) is 0 Å². The van der Waals surface area contributed by atoms with Gasteiger partial charge in [-0.1, -0.05) is 45.0 Å². The Morgan fingerprint density at radius 3 is 2.42 bits per heavy atom. The van der Waals surface area contributed by atoms with Crippen LogP contribution in [0.2, 0.25) is 0 Å². The summed E-state index contributed by atoms with van der Waals surface area (Å²) in [4.78, 5) is 28.9. The maximum atomic E-state index is 13.7. The van der Waals surface area contributed by atoms with Gasteiger partial charge in [-0.05, 0) is 54.2 Å². The summed E-state index contributed by atoms with van der Waals surface area (Å²) in [6.07, 6.45) is 0.595. The third-order valence-electron chi connectivity index (χ3n) is 4.87. The quantitative estimate of drug-likeness (QED) is 0.358. The number of nitrogens with one attached hydrogen (secondary N) is 2. The van der Waals surface area contributed by atoms with Crippen LogP contribution in [0.3, 0.4) is 0 Å². The van der Waals surface area contributed by atoms with E-state index in [1.54, 1.807) is 24.3 Å². The summed E-state index contributed by atoms with van der Waals surface area (Å²) in [7, 11) is 0. The van der Waals surface area contributed by atoms with Gasteiger partial charge < -0.3 is 15.7 Å². The van der Waals surface area contributed by atoms with Crippen molar-refractivity contribution in [1.82, 2.24) is 4.37 Å². The molecule has 7 nitrogen and oxygen atoms in total. The molecule has 1 heterocycles. The topological polar surface area (TPSA) is 104 Å². The summed E-state index contributed by atoms with van der Waals surface area (Å²) in [6, 6.07) is 13.5. The Hall–Kier alpha value is -3.59. The van der Waals surface area contributed by atoms with Crippen LogP contribution in [0.15, 0.2) is 59.6 Å². The molecule has 3 N–H and O–H groups in total. The highest BCUT2D eigenvalue weighted by Gasteiger charge is 2.22. The number of anilines is 2. The molecule has 9 heteroatoms. The Bertz CT molecular complexity index is 1160. The zero-order chi connectivity index (χ0) is 24.0. The van der Waals surface area contributed by atoms with E-state index in [0.717, 1.165) is 16.1 Å². The van der Waals surface area contributed by atoms with E-state index in [2.05, 4.69) is 20.0 Å². The molecule has 0 radical (unpaired) electrons. The van der Waals surface area contributed by atoms with Crippen LogP contribution < -0.4 is 10.6 Å². The monoisotopic (exact) mass is 468 g/mol. The first kappa shape index (κ1) is 24.1. The Morgan fingerprint density at radius 1 is 1.12 bits per heavy atom. The van der Waals surface area contributed by atoms with Gasteiger partial charge in [-0.15, -0.1) is 0 Å². The zero-order valence-electron chi connectivity index (χ0n) is 18.5. The minimum Gasteiger partial charge on any atom is -0.480 e. The first-order chi connectivity index (χ1) is 15.8. The van der Waals surface area contributed by atoms with Crippen molar-refractivity contribution in [2.75, 3.05) is 10.6 Å². The Kier molecular flexibility index (Phi) is 7.89. The van der Waals surface area contributed by atoms with E-state index in [4.69, 9.17) is 0 Å². The lowest BCUT2D eigenvalue weighted by atomic mass is 10.0. The normalized spacial score (nSPS) is 12.5. The Morgan fingerprint density at radius 2 is 1.82 bits per heavy atom. The lowest BCUT2D eigenvalue weighted by Crippen LogP contribution is -2.25. The zero-order valence-corrected chi connectivity index (χ0v) is 19.3. The molecule has 33 heavy (non-hydrogen) atoms. The molecule has 172 valence electrons. The molecule has 2 aromatic carbocycles. The summed E-state index contributed by atoms with van der Waals surface area (Å²) in [5.74, 6) is -1.57. The largest absolute Gasteiger partial charge is 0.480 e. The van der Waals surface area contributed by atoms with E-state index in [1.165, 1.54) is 23.7 Å². The van der Waals surface area contributed by atoms with E-state index < -0.39 is 23.9 Å². The molecule has 3 rings (SSSR count). The van der Waals surface area contributed by atoms with Crippen LogP contribution in [-0.2, 0) is 4.79 Å². The molecule has 0 aliphatic carbocycles. The molecule has 0 fully saturated rings. The number of carboxylic acids is 1. The van der Waals surface area contributed by atoms with Crippen LogP contribution in [0.5, 0.6) is 0 Å². The van der Waals surface area contributed by atoms with Crippen molar-refractivity contribution < 1.29 is 19.1 Å². The fourth-order valence-corrected chi connectivity index (χ4v) is 3.93. The van der Waals surface area contributed by atoms with Crippen molar-refractivity contribution in [3.05, 3.63) is 65.3 Å². The van der Waals surface area contributed by atoms with Crippen LogP contribution in [-0.4, -0.2) is 33.2 Å². The van der Waals surface area contributed by atoms with E-state index in [-0.39, 0.29) is 11.6 Å². The van der Waals surface area contributed by atoms with Gasteiger partial charge in [0.1, 0.15) is 11.9 Å². The molecule has 1 aromatic heterocycles. The molecule has 0 saturated heterocycles. The molecular formula is C24H25FN4O3S. The second-order valence-electron chi connectivity index (χ2n) is 7.67. The SMILES string of the molecule is CCC(=NC(C(=O)O)C(C)C)c1cc(-c2ccc(NC(=O)Nc3ccccc3F)cc2)ns1. The van der Waals surface area contributed by atoms with Gasteiger partial charge in [0.25, 0.3) is 0 Å². The highest BCUT2D eigenvalue weighted by atomic mass is 32.1. The van der Waals surface area contributed by atoms with Crippen LogP contribution in [0.25, 0.3) is 11.3 Å². The van der Waals surface area contributed by atoms with Crippen molar-refractivity contribution in [2.45, 2.75) is 33.2 Å². The van der Waals surface area contributed by atoms with Crippen molar-refractivity contribution >= 4 is 40.6 Å². The maximum Gasteiger partial charge on any atom is 0.328 e. The van der Waals surface area contributed by atoms with Crippen molar-refractivity contribution in [2.24, 2.45) is 10.9 Å². The predicted octanol–water partition coefficient (Wildman–Crippen LogP) is 5.90. The molecule has 0 spiro atoms. The summed E-state index contributed by atoms with van der Waals surface area (Å²) in [6.45, 7) is 5.60. The molecular weight excluding hydrogens is 443 g/mol. The third kappa shape index (κ3) is 6.23. The maximum absolute atomic E-state index is 13.7. The number of aliphatic carboxylic acids is 1. The van der Waals surface area contributed by atoms with Crippen LogP contribution in [0.1, 0.15) is 32.1 Å². The number of aliphatic imine (C=N–C) groups is 1. The minimum absolute atomic E-state index is 0.0950. The van der Waals surface area contributed by atoms with Gasteiger partial charge in [-0.2, -0.15) is 4.37 Å². The first-order valence-electron chi connectivity index (χ1n) is 10.5. The first-order valence-corrected chi connectivity index (χ1v) is 11.2. The van der Waals surface area contributed by atoms with Gasteiger partial charge in [0.15, 0.2) is 0 Å². The molecule has 0 aliphatic heterocycles. The number of nitrogens with zero attached hydrogens (tertiary/aromatic N) is 2. The van der Waals surface area contributed by atoms with Gasteiger partial charge in [0, 0.05) is 11.3 Å². The number of amides is 2. The minimum atomic E-state index is -0.942. The number of hydrogen-bond donors (Lipinski definition) is 3. The van der Waals surface area contributed by atoms with Crippen LogP contribution >= 0.6 is 11.5 Å². The highest BCUT2D eigenvalue weighted by molar-refractivity contribution is 7.08. The van der Waals surface area contributed by atoms with Gasteiger partial charge in [0.2, 0.25) is 0 Å². The summed E-state index contributed by atoms with van der Waals surface area (Å²) < 4.78 is 18.2. The van der Waals surface area contributed by atoms with E-state index in [1.807, 2.05) is 39.0 Å². The molecule has 1 atom stereocenters. The number of urea groups is 1. The number of carbonyl (C=O) groups is 2.